The van der Waals surface area contributed by atoms with E-state index in [0.29, 0.717) is 29.1 Å². The molecule has 0 bridgehead atoms. The van der Waals surface area contributed by atoms with Gasteiger partial charge in [0.1, 0.15) is 0 Å². The lowest BCUT2D eigenvalue weighted by Gasteiger charge is -2.19. The van der Waals surface area contributed by atoms with Crippen LogP contribution in [-0.2, 0) is 22.0 Å². The molecule has 2 aromatic rings. The van der Waals surface area contributed by atoms with Crippen molar-refractivity contribution in [1.82, 2.24) is 5.32 Å². The summed E-state index contributed by atoms with van der Waals surface area (Å²) in [6, 6.07) is 12.5. The van der Waals surface area contributed by atoms with E-state index < -0.39 is 10.0 Å². The number of benzene rings is 2. The van der Waals surface area contributed by atoms with E-state index in [4.69, 9.17) is 11.6 Å². The van der Waals surface area contributed by atoms with Gasteiger partial charge in [-0.2, -0.15) is 0 Å². The van der Waals surface area contributed by atoms with Crippen molar-refractivity contribution in [3.8, 4) is 0 Å². The second kappa shape index (κ2) is 7.76. The lowest BCUT2D eigenvalue weighted by Crippen LogP contribution is -2.23. The molecule has 7 heteroatoms. The van der Waals surface area contributed by atoms with E-state index in [2.05, 4.69) is 30.8 Å². The number of nitrogens with one attached hydrogen (secondary N) is 2. The van der Waals surface area contributed by atoms with E-state index in [0.717, 1.165) is 11.1 Å². The summed E-state index contributed by atoms with van der Waals surface area (Å²) in [4.78, 5) is 12.4. The van der Waals surface area contributed by atoms with Crippen LogP contribution in [0, 0.1) is 0 Å². The molecule has 5 nitrogen and oxygen atoms in total. The van der Waals surface area contributed by atoms with Gasteiger partial charge in [-0.3, -0.25) is 9.52 Å². The minimum atomic E-state index is -3.32. The molecule has 0 radical (unpaired) electrons. The summed E-state index contributed by atoms with van der Waals surface area (Å²) >= 11 is 6.27. The molecule has 0 heterocycles. The van der Waals surface area contributed by atoms with E-state index in [1.807, 2.05) is 24.3 Å². The van der Waals surface area contributed by atoms with Crippen LogP contribution < -0.4 is 10.0 Å². The average molecular weight is 421 g/mol. The average Bonchev–Trinajstić information content (AvgIpc) is 3.45. The minimum absolute atomic E-state index is 0.0330. The molecule has 150 valence electrons. The molecule has 1 amide bonds. The number of halogens is 1. The van der Waals surface area contributed by atoms with Gasteiger partial charge in [0.05, 0.1) is 5.25 Å². The van der Waals surface area contributed by atoms with Crippen molar-refractivity contribution in [2.45, 2.75) is 50.8 Å². The number of amides is 1. The molecule has 0 aromatic heterocycles. The summed E-state index contributed by atoms with van der Waals surface area (Å²) < 4.78 is 26.6. The van der Waals surface area contributed by atoms with Gasteiger partial charge in [-0.1, -0.05) is 50.6 Å². The van der Waals surface area contributed by atoms with Crippen LogP contribution in [0.4, 0.5) is 5.69 Å². The molecule has 28 heavy (non-hydrogen) atoms. The van der Waals surface area contributed by atoms with E-state index >= 15 is 0 Å². The van der Waals surface area contributed by atoms with Crippen LogP contribution in [0.2, 0.25) is 5.02 Å². The van der Waals surface area contributed by atoms with Gasteiger partial charge < -0.3 is 5.32 Å². The summed E-state index contributed by atoms with van der Waals surface area (Å²) in [5.74, 6) is -0.185. The fourth-order valence-electron chi connectivity index (χ4n) is 2.78. The number of anilines is 1. The first kappa shape index (κ1) is 20.7. The third kappa shape index (κ3) is 5.06. The zero-order valence-electron chi connectivity index (χ0n) is 16.3. The van der Waals surface area contributed by atoms with Gasteiger partial charge in [0.15, 0.2) is 0 Å². The van der Waals surface area contributed by atoms with Gasteiger partial charge in [0, 0.05) is 22.8 Å². The van der Waals surface area contributed by atoms with Gasteiger partial charge in [-0.05, 0) is 53.6 Å². The molecule has 0 aliphatic heterocycles. The van der Waals surface area contributed by atoms with Crippen LogP contribution in [0.15, 0.2) is 42.5 Å². The van der Waals surface area contributed by atoms with Crippen LogP contribution >= 0.6 is 11.6 Å². The number of rotatable bonds is 6. The van der Waals surface area contributed by atoms with Crippen LogP contribution in [0.25, 0.3) is 0 Å². The molecule has 2 N–H and O–H groups in total. The van der Waals surface area contributed by atoms with Crippen LogP contribution in [0.3, 0.4) is 0 Å². The molecule has 1 aliphatic rings. The summed E-state index contributed by atoms with van der Waals surface area (Å²) in [6.45, 7) is 6.63. The highest BCUT2D eigenvalue weighted by atomic mass is 35.5. The topological polar surface area (TPSA) is 75.3 Å². The number of carbonyl (C=O) groups excluding carboxylic acids is 1. The van der Waals surface area contributed by atoms with E-state index in [-0.39, 0.29) is 23.1 Å². The Hall–Kier alpha value is -2.05. The third-order valence-corrected chi connectivity index (χ3v) is 6.95. The third-order valence-electron chi connectivity index (χ3n) is 4.73. The molecular formula is C21H25ClN2O3S. The molecule has 0 spiro atoms. The van der Waals surface area contributed by atoms with E-state index in [9.17, 15) is 13.2 Å². The first-order valence-electron chi connectivity index (χ1n) is 9.25. The Kier molecular flexibility index (Phi) is 5.73. The Balaban J connectivity index is 1.61. The molecule has 1 fully saturated rings. The highest BCUT2D eigenvalue weighted by Crippen LogP contribution is 2.30. The maximum atomic E-state index is 12.4. The van der Waals surface area contributed by atoms with E-state index in [1.165, 1.54) is 0 Å². The highest BCUT2D eigenvalue weighted by molar-refractivity contribution is 7.93. The van der Waals surface area contributed by atoms with Crippen molar-refractivity contribution in [2.75, 3.05) is 4.72 Å². The standard InChI is InChI=1S/C21H25ClN2O3S/c1-21(2,3)16-7-4-14(5-8-16)20(25)23-13-15-6-9-17(12-19(15)22)24-28(26,27)18-10-11-18/h4-9,12,18,24H,10-11,13H2,1-3H3,(H,23,25). The fourth-order valence-corrected chi connectivity index (χ4v) is 4.41. The maximum absolute atomic E-state index is 12.4. The molecule has 2 aromatic carbocycles. The van der Waals surface area contributed by atoms with Gasteiger partial charge in [-0.25, -0.2) is 8.42 Å². The predicted molar refractivity (Wildman–Crippen MR) is 113 cm³/mol. The zero-order chi connectivity index (χ0) is 20.5. The molecule has 1 aliphatic carbocycles. The minimum Gasteiger partial charge on any atom is -0.348 e. The normalized spacial score (nSPS) is 14.6. The lowest BCUT2D eigenvalue weighted by atomic mass is 9.87. The number of carbonyl (C=O) groups is 1. The Morgan fingerprint density at radius 2 is 1.75 bits per heavy atom. The van der Waals surface area contributed by atoms with Crippen molar-refractivity contribution < 1.29 is 13.2 Å². The monoisotopic (exact) mass is 420 g/mol. The number of hydrogen-bond acceptors (Lipinski definition) is 3. The second-order valence-electron chi connectivity index (χ2n) is 8.16. The quantitative estimate of drug-likeness (QED) is 0.723. The summed E-state index contributed by atoms with van der Waals surface area (Å²) in [7, 11) is -3.32. The maximum Gasteiger partial charge on any atom is 0.251 e. The van der Waals surface area contributed by atoms with Crippen molar-refractivity contribution in [3.63, 3.8) is 0 Å². The Morgan fingerprint density at radius 3 is 2.29 bits per heavy atom. The van der Waals surface area contributed by atoms with Crippen molar-refractivity contribution in [1.29, 1.82) is 0 Å². The molecule has 1 saturated carbocycles. The smallest absolute Gasteiger partial charge is 0.251 e. The zero-order valence-corrected chi connectivity index (χ0v) is 17.8. The summed E-state index contributed by atoms with van der Waals surface area (Å²) in [5, 5.41) is 2.95. The summed E-state index contributed by atoms with van der Waals surface area (Å²) in [6.07, 6.45) is 1.40. The van der Waals surface area contributed by atoms with Crippen molar-refractivity contribution >= 4 is 33.2 Å². The molecule has 3 rings (SSSR count). The lowest BCUT2D eigenvalue weighted by molar-refractivity contribution is 0.0951. The first-order valence-corrected chi connectivity index (χ1v) is 11.2. The highest BCUT2D eigenvalue weighted by Gasteiger charge is 2.35. The molecule has 0 unspecified atom stereocenters. The van der Waals surface area contributed by atoms with Gasteiger partial charge in [0.25, 0.3) is 5.91 Å². The Morgan fingerprint density at radius 1 is 1.11 bits per heavy atom. The van der Waals surface area contributed by atoms with Crippen LogP contribution in [0.1, 0.15) is 55.1 Å². The Bertz CT molecular complexity index is 976. The molecular weight excluding hydrogens is 396 g/mol. The predicted octanol–water partition coefficient (Wildman–Crippen LogP) is 4.47. The van der Waals surface area contributed by atoms with Gasteiger partial charge >= 0.3 is 0 Å². The molecule has 0 atom stereocenters. The molecule has 0 saturated heterocycles. The fraction of sp³-hybridized carbons (Fsp3) is 0.381. The number of sulfonamides is 1. The summed E-state index contributed by atoms with van der Waals surface area (Å²) in [5.41, 5.74) is 2.93. The first-order chi connectivity index (χ1) is 13.1. The van der Waals surface area contributed by atoms with Gasteiger partial charge in [-0.15, -0.1) is 0 Å². The van der Waals surface area contributed by atoms with Gasteiger partial charge in [0.2, 0.25) is 10.0 Å². The van der Waals surface area contributed by atoms with E-state index in [1.54, 1.807) is 18.2 Å². The second-order valence-corrected chi connectivity index (χ2v) is 10.5. The van der Waals surface area contributed by atoms with Crippen LogP contribution in [-0.4, -0.2) is 19.6 Å². The number of hydrogen-bond donors (Lipinski definition) is 2. The largest absolute Gasteiger partial charge is 0.348 e. The van der Waals surface area contributed by atoms with Crippen molar-refractivity contribution in [2.24, 2.45) is 0 Å². The van der Waals surface area contributed by atoms with Crippen molar-refractivity contribution in [3.05, 3.63) is 64.2 Å². The van der Waals surface area contributed by atoms with Crippen LogP contribution in [0.5, 0.6) is 0 Å². The SMILES string of the molecule is CC(C)(C)c1ccc(C(=O)NCc2ccc(NS(=O)(=O)C3CC3)cc2Cl)cc1. The Labute approximate surface area is 171 Å².